The summed E-state index contributed by atoms with van der Waals surface area (Å²) in [5, 5.41) is 9.69. The molecular formula is C20H19FN4O2. The molecule has 0 aliphatic carbocycles. The van der Waals surface area contributed by atoms with E-state index in [2.05, 4.69) is 15.7 Å². The fourth-order valence-corrected chi connectivity index (χ4v) is 2.38. The maximum atomic E-state index is 13.3. The average molecular weight is 366 g/mol. The Morgan fingerprint density at radius 2 is 1.74 bits per heavy atom. The second-order valence-electron chi connectivity index (χ2n) is 6.27. The molecule has 0 bridgehead atoms. The molecule has 2 N–H and O–H groups in total. The molecule has 0 unspecified atom stereocenters. The number of carbonyl (C=O) groups excluding carboxylic acids is 2. The van der Waals surface area contributed by atoms with Gasteiger partial charge < -0.3 is 10.6 Å². The van der Waals surface area contributed by atoms with Crippen molar-refractivity contribution in [2.75, 3.05) is 10.6 Å². The molecule has 1 aromatic heterocycles. The highest BCUT2D eigenvalue weighted by Gasteiger charge is 2.18. The van der Waals surface area contributed by atoms with Crippen LogP contribution in [0.15, 0.2) is 60.7 Å². The summed E-state index contributed by atoms with van der Waals surface area (Å²) in [6.07, 6.45) is 0. The van der Waals surface area contributed by atoms with Gasteiger partial charge in [0.2, 0.25) is 5.91 Å². The first-order valence-corrected chi connectivity index (χ1v) is 8.47. The van der Waals surface area contributed by atoms with Crippen molar-refractivity contribution >= 4 is 23.3 Å². The molecule has 1 heterocycles. The molecule has 3 rings (SSSR count). The van der Waals surface area contributed by atoms with Crippen LogP contribution in [0.3, 0.4) is 0 Å². The quantitative estimate of drug-likeness (QED) is 0.720. The van der Waals surface area contributed by atoms with E-state index in [1.54, 1.807) is 19.9 Å². The van der Waals surface area contributed by atoms with Crippen molar-refractivity contribution in [2.24, 2.45) is 5.92 Å². The lowest BCUT2D eigenvalue weighted by Crippen LogP contribution is -2.19. The van der Waals surface area contributed by atoms with Crippen molar-refractivity contribution < 1.29 is 14.0 Å². The highest BCUT2D eigenvalue weighted by molar-refractivity contribution is 6.04. The van der Waals surface area contributed by atoms with Gasteiger partial charge in [-0.2, -0.15) is 5.10 Å². The molecule has 0 radical (unpaired) electrons. The Balaban J connectivity index is 1.92. The van der Waals surface area contributed by atoms with Gasteiger partial charge in [-0.05, 0) is 30.3 Å². The van der Waals surface area contributed by atoms with Gasteiger partial charge in [0, 0.05) is 17.7 Å². The second-order valence-corrected chi connectivity index (χ2v) is 6.27. The minimum Gasteiger partial charge on any atom is -0.320 e. The van der Waals surface area contributed by atoms with Crippen molar-refractivity contribution in [3.63, 3.8) is 0 Å². The molecule has 0 atom stereocenters. The smallest absolute Gasteiger partial charge is 0.276 e. The number of hydrogen-bond donors (Lipinski definition) is 2. The molecule has 6 nitrogen and oxygen atoms in total. The van der Waals surface area contributed by atoms with Gasteiger partial charge in [0.1, 0.15) is 11.6 Å². The zero-order chi connectivity index (χ0) is 19.4. The number of halogens is 1. The Morgan fingerprint density at radius 3 is 2.41 bits per heavy atom. The van der Waals surface area contributed by atoms with Crippen LogP contribution in [-0.4, -0.2) is 21.6 Å². The minimum absolute atomic E-state index is 0.0992. The predicted octanol–water partition coefficient (Wildman–Crippen LogP) is 3.86. The Kier molecular flexibility index (Phi) is 5.30. The van der Waals surface area contributed by atoms with Gasteiger partial charge >= 0.3 is 0 Å². The first kappa shape index (κ1) is 18.3. The largest absolute Gasteiger partial charge is 0.320 e. The third-order valence-electron chi connectivity index (χ3n) is 3.80. The molecule has 0 aliphatic heterocycles. The van der Waals surface area contributed by atoms with Gasteiger partial charge in [0.15, 0.2) is 5.69 Å². The summed E-state index contributed by atoms with van der Waals surface area (Å²) in [4.78, 5) is 24.6. The van der Waals surface area contributed by atoms with Crippen LogP contribution >= 0.6 is 0 Å². The van der Waals surface area contributed by atoms with Crippen LogP contribution < -0.4 is 10.6 Å². The number of carbonyl (C=O) groups is 2. The maximum Gasteiger partial charge on any atom is 0.276 e. The molecule has 0 saturated carbocycles. The predicted molar refractivity (Wildman–Crippen MR) is 101 cm³/mol. The van der Waals surface area contributed by atoms with Gasteiger partial charge in [0.25, 0.3) is 5.91 Å². The van der Waals surface area contributed by atoms with Crippen LogP contribution in [0.2, 0.25) is 0 Å². The van der Waals surface area contributed by atoms with Gasteiger partial charge in [-0.25, -0.2) is 9.07 Å². The second kappa shape index (κ2) is 7.82. The van der Waals surface area contributed by atoms with Crippen molar-refractivity contribution in [3.05, 3.63) is 72.2 Å². The summed E-state index contributed by atoms with van der Waals surface area (Å²) in [6, 6.07) is 16.2. The number of benzene rings is 2. The fraction of sp³-hybridized carbons (Fsp3) is 0.150. The number of amides is 2. The van der Waals surface area contributed by atoms with Gasteiger partial charge in [-0.1, -0.05) is 38.1 Å². The number of aromatic nitrogens is 2. The lowest BCUT2D eigenvalue weighted by molar-refractivity contribution is -0.118. The molecule has 138 valence electrons. The zero-order valence-electron chi connectivity index (χ0n) is 14.9. The molecule has 2 amide bonds. The Bertz CT molecular complexity index is 967. The third-order valence-corrected chi connectivity index (χ3v) is 3.80. The highest BCUT2D eigenvalue weighted by Crippen LogP contribution is 2.19. The highest BCUT2D eigenvalue weighted by atomic mass is 19.1. The molecule has 0 spiro atoms. The summed E-state index contributed by atoms with van der Waals surface area (Å²) in [5.41, 5.74) is 1.12. The van der Waals surface area contributed by atoms with Crippen molar-refractivity contribution in [3.8, 4) is 5.69 Å². The Morgan fingerprint density at radius 1 is 1.00 bits per heavy atom. The number of anilines is 2. The Hall–Kier alpha value is -3.48. The first-order valence-electron chi connectivity index (χ1n) is 8.47. The van der Waals surface area contributed by atoms with Crippen molar-refractivity contribution in [2.45, 2.75) is 13.8 Å². The van der Waals surface area contributed by atoms with E-state index in [4.69, 9.17) is 0 Å². The lowest BCUT2D eigenvalue weighted by Gasteiger charge is -2.10. The summed E-state index contributed by atoms with van der Waals surface area (Å²) >= 11 is 0. The summed E-state index contributed by atoms with van der Waals surface area (Å²) < 4.78 is 14.8. The topological polar surface area (TPSA) is 76.0 Å². The monoisotopic (exact) mass is 366 g/mol. The molecule has 0 fully saturated rings. The zero-order valence-corrected chi connectivity index (χ0v) is 14.9. The molecule has 0 saturated heterocycles. The van der Waals surface area contributed by atoms with Crippen LogP contribution in [0.25, 0.3) is 5.69 Å². The molecule has 2 aromatic carbocycles. The molecule has 0 aliphatic rings. The third kappa shape index (κ3) is 4.38. The van der Waals surface area contributed by atoms with E-state index in [9.17, 15) is 14.0 Å². The lowest BCUT2D eigenvalue weighted by atomic mass is 10.2. The van der Waals surface area contributed by atoms with E-state index >= 15 is 0 Å². The van der Waals surface area contributed by atoms with E-state index in [0.717, 1.165) is 0 Å². The number of hydrogen-bond acceptors (Lipinski definition) is 3. The van der Waals surface area contributed by atoms with Crippen LogP contribution in [-0.2, 0) is 4.79 Å². The van der Waals surface area contributed by atoms with Gasteiger partial charge in [-0.3, -0.25) is 9.59 Å². The van der Waals surface area contributed by atoms with Crippen molar-refractivity contribution in [1.82, 2.24) is 9.78 Å². The molecule has 27 heavy (non-hydrogen) atoms. The minimum atomic E-state index is -0.504. The van der Waals surface area contributed by atoms with E-state index < -0.39 is 11.7 Å². The molecule has 3 aromatic rings. The first-order chi connectivity index (χ1) is 12.9. The van der Waals surface area contributed by atoms with Crippen LogP contribution in [0.1, 0.15) is 24.3 Å². The average Bonchev–Trinajstić information content (AvgIpc) is 3.06. The maximum absolute atomic E-state index is 13.3. The van der Waals surface area contributed by atoms with Gasteiger partial charge in [-0.15, -0.1) is 0 Å². The normalized spacial score (nSPS) is 10.7. The summed E-state index contributed by atoms with van der Waals surface area (Å²) in [6.45, 7) is 3.55. The SMILES string of the molecule is CC(C)C(=O)Nc1cc(C(=O)Nc2cccc(F)c2)nn1-c1ccccc1. The number of nitrogens with zero attached hydrogens (tertiary/aromatic N) is 2. The van der Waals surface area contributed by atoms with Crippen LogP contribution in [0.5, 0.6) is 0 Å². The van der Waals surface area contributed by atoms with Crippen LogP contribution in [0.4, 0.5) is 15.9 Å². The van der Waals surface area contributed by atoms with E-state index in [1.807, 2.05) is 30.3 Å². The number of rotatable bonds is 5. The number of para-hydroxylation sites is 1. The van der Waals surface area contributed by atoms with E-state index in [-0.39, 0.29) is 17.5 Å². The molecular weight excluding hydrogens is 347 g/mol. The van der Waals surface area contributed by atoms with E-state index in [0.29, 0.717) is 17.2 Å². The Labute approximate surface area is 156 Å². The summed E-state index contributed by atoms with van der Waals surface area (Å²) in [5.74, 6) is -0.995. The standard InChI is InChI=1S/C20H19FN4O2/c1-13(2)19(26)23-18-12-17(24-25(18)16-9-4-3-5-10-16)20(27)22-15-8-6-7-14(21)11-15/h3-13H,1-2H3,(H,22,27)(H,23,26). The van der Waals surface area contributed by atoms with Gasteiger partial charge in [0.05, 0.1) is 5.69 Å². The number of nitrogens with one attached hydrogen (secondary N) is 2. The van der Waals surface area contributed by atoms with E-state index in [1.165, 1.54) is 28.9 Å². The fourth-order valence-electron chi connectivity index (χ4n) is 2.38. The molecule has 7 heteroatoms. The van der Waals surface area contributed by atoms with Crippen molar-refractivity contribution in [1.29, 1.82) is 0 Å². The van der Waals surface area contributed by atoms with Crippen LogP contribution in [0, 0.1) is 11.7 Å². The summed E-state index contributed by atoms with van der Waals surface area (Å²) in [7, 11) is 0.